The summed E-state index contributed by atoms with van der Waals surface area (Å²) in [5.41, 5.74) is 3.55. The van der Waals surface area contributed by atoms with Gasteiger partial charge in [0.15, 0.2) is 0 Å². The lowest BCUT2D eigenvalue weighted by Gasteiger charge is -2.07. The molecule has 3 aromatic rings. The Balaban J connectivity index is 1.51. The van der Waals surface area contributed by atoms with Crippen molar-refractivity contribution >= 4 is 10.8 Å². The minimum Gasteiger partial charge on any atom is -0.494 e. The van der Waals surface area contributed by atoms with E-state index in [0.717, 1.165) is 29.9 Å². The standard InChI is InChI=1S/C32H40O/c1-3-5-7-9-10-11-13-27-14-16-28(17-15-27)18-19-29-20-21-31-26-32(23-22-30(31)25-29)33-24-12-8-6-4-2/h14-17,20-23,25-26H,3-13,24H2,1-2H3. The van der Waals surface area contributed by atoms with Crippen LogP contribution < -0.4 is 4.74 Å². The average molecular weight is 441 g/mol. The molecule has 33 heavy (non-hydrogen) atoms. The summed E-state index contributed by atoms with van der Waals surface area (Å²) in [4.78, 5) is 0. The first-order valence-electron chi connectivity index (χ1n) is 13.1. The molecule has 0 aliphatic carbocycles. The zero-order chi connectivity index (χ0) is 23.1. The molecule has 0 unspecified atom stereocenters. The third kappa shape index (κ3) is 8.97. The van der Waals surface area contributed by atoms with Gasteiger partial charge in [0.25, 0.3) is 0 Å². The van der Waals surface area contributed by atoms with Crippen LogP contribution in [0.5, 0.6) is 5.75 Å². The summed E-state index contributed by atoms with van der Waals surface area (Å²) in [6.45, 7) is 5.30. The molecule has 0 heterocycles. The van der Waals surface area contributed by atoms with Gasteiger partial charge in [-0.15, -0.1) is 0 Å². The molecular weight excluding hydrogens is 400 g/mol. The highest BCUT2D eigenvalue weighted by Crippen LogP contribution is 2.22. The van der Waals surface area contributed by atoms with Gasteiger partial charge in [-0.3, -0.25) is 0 Å². The van der Waals surface area contributed by atoms with Gasteiger partial charge < -0.3 is 4.74 Å². The van der Waals surface area contributed by atoms with Crippen LogP contribution in [0.3, 0.4) is 0 Å². The zero-order valence-corrected chi connectivity index (χ0v) is 20.7. The molecule has 0 saturated carbocycles. The normalized spacial score (nSPS) is 10.7. The Morgan fingerprint density at radius 3 is 1.97 bits per heavy atom. The van der Waals surface area contributed by atoms with E-state index in [1.807, 2.05) is 0 Å². The number of fused-ring (bicyclic) bond motifs is 1. The van der Waals surface area contributed by atoms with Crippen LogP contribution in [0.25, 0.3) is 10.8 Å². The number of ether oxygens (including phenoxy) is 1. The van der Waals surface area contributed by atoms with Crippen molar-refractivity contribution in [3.63, 3.8) is 0 Å². The highest BCUT2D eigenvalue weighted by atomic mass is 16.5. The van der Waals surface area contributed by atoms with Gasteiger partial charge in [0.2, 0.25) is 0 Å². The predicted molar refractivity (Wildman–Crippen MR) is 143 cm³/mol. The van der Waals surface area contributed by atoms with Crippen LogP contribution >= 0.6 is 0 Å². The van der Waals surface area contributed by atoms with E-state index in [2.05, 4.69) is 86.4 Å². The Bertz CT molecular complexity index is 1020. The van der Waals surface area contributed by atoms with Crippen molar-refractivity contribution in [2.24, 2.45) is 0 Å². The van der Waals surface area contributed by atoms with Crippen LogP contribution in [-0.4, -0.2) is 6.61 Å². The van der Waals surface area contributed by atoms with E-state index in [1.165, 1.54) is 80.5 Å². The minimum atomic E-state index is 0.798. The number of unbranched alkanes of at least 4 members (excludes halogenated alkanes) is 8. The van der Waals surface area contributed by atoms with Crippen LogP contribution in [0.1, 0.15) is 94.7 Å². The Hall–Kier alpha value is -2.72. The summed E-state index contributed by atoms with van der Waals surface area (Å²) in [7, 11) is 0. The number of hydrogen-bond acceptors (Lipinski definition) is 1. The van der Waals surface area contributed by atoms with Crippen molar-refractivity contribution in [3.8, 4) is 17.6 Å². The first-order chi connectivity index (χ1) is 16.3. The quantitative estimate of drug-likeness (QED) is 0.190. The Labute approximate surface area is 201 Å². The molecule has 3 aromatic carbocycles. The first kappa shape index (κ1) is 24.9. The molecule has 0 aliphatic heterocycles. The number of hydrogen-bond donors (Lipinski definition) is 0. The van der Waals surface area contributed by atoms with Crippen LogP contribution in [0.4, 0.5) is 0 Å². The SMILES string of the molecule is CCCCCCCCc1ccc(C#Cc2ccc3cc(OCCCCCC)ccc3c2)cc1. The molecule has 0 aliphatic rings. The van der Waals surface area contributed by atoms with Gasteiger partial charge in [-0.1, -0.05) is 101 Å². The second-order valence-corrected chi connectivity index (χ2v) is 9.10. The maximum absolute atomic E-state index is 5.92. The lowest BCUT2D eigenvalue weighted by Crippen LogP contribution is -1.97. The van der Waals surface area contributed by atoms with Gasteiger partial charge in [0.1, 0.15) is 5.75 Å². The molecule has 0 bridgehead atoms. The maximum atomic E-state index is 5.92. The summed E-state index contributed by atoms with van der Waals surface area (Å²) in [5.74, 6) is 7.61. The van der Waals surface area contributed by atoms with E-state index in [4.69, 9.17) is 4.74 Å². The van der Waals surface area contributed by atoms with E-state index in [0.29, 0.717) is 0 Å². The largest absolute Gasteiger partial charge is 0.494 e. The van der Waals surface area contributed by atoms with E-state index in [-0.39, 0.29) is 0 Å². The van der Waals surface area contributed by atoms with Crippen LogP contribution in [0.15, 0.2) is 60.7 Å². The maximum Gasteiger partial charge on any atom is 0.119 e. The van der Waals surface area contributed by atoms with E-state index in [9.17, 15) is 0 Å². The van der Waals surface area contributed by atoms with Crippen molar-refractivity contribution in [2.45, 2.75) is 84.5 Å². The third-order valence-electron chi connectivity index (χ3n) is 6.20. The molecule has 0 aromatic heterocycles. The van der Waals surface area contributed by atoms with Crippen molar-refractivity contribution in [1.29, 1.82) is 0 Å². The van der Waals surface area contributed by atoms with Gasteiger partial charge >= 0.3 is 0 Å². The molecule has 1 nitrogen and oxygen atoms in total. The fourth-order valence-electron chi connectivity index (χ4n) is 4.12. The molecule has 0 fully saturated rings. The molecule has 0 amide bonds. The molecular formula is C32H40O. The summed E-state index contributed by atoms with van der Waals surface area (Å²) < 4.78 is 5.92. The van der Waals surface area contributed by atoms with Gasteiger partial charge in [0.05, 0.1) is 6.61 Å². The van der Waals surface area contributed by atoms with Crippen molar-refractivity contribution in [2.75, 3.05) is 6.61 Å². The molecule has 174 valence electrons. The number of rotatable bonds is 13. The molecule has 3 rings (SSSR count). The Morgan fingerprint density at radius 1 is 0.576 bits per heavy atom. The highest BCUT2D eigenvalue weighted by Gasteiger charge is 2.00. The first-order valence-corrected chi connectivity index (χ1v) is 13.1. The van der Waals surface area contributed by atoms with Gasteiger partial charge in [0, 0.05) is 11.1 Å². The summed E-state index contributed by atoms with van der Waals surface area (Å²) in [6, 6.07) is 21.5. The van der Waals surface area contributed by atoms with Gasteiger partial charge in [-0.05, 0) is 72.0 Å². The lowest BCUT2D eigenvalue weighted by molar-refractivity contribution is 0.305. The fraction of sp³-hybridized carbons (Fsp3) is 0.438. The summed E-state index contributed by atoms with van der Waals surface area (Å²) >= 11 is 0. The Kier molecular flexibility index (Phi) is 10.9. The third-order valence-corrected chi connectivity index (χ3v) is 6.20. The fourth-order valence-corrected chi connectivity index (χ4v) is 4.12. The minimum absolute atomic E-state index is 0.798. The smallest absolute Gasteiger partial charge is 0.119 e. The molecule has 0 N–H and O–H groups in total. The molecule has 1 heteroatoms. The van der Waals surface area contributed by atoms with Crippen LogP contribution in [0.2, 0.25) is 0 Å². The van der Waals surface area contributed by atoms with Crippen LogP contribution in [0, 0.1) is 11.8 Å². The van der Waals surface area contributed by atoms with Gasteiger partial charge in [-0.25, -0.2) is 0 Å². The molecule has 0 saturated heterocycles. The van der Waals surface area contributed by atoms with E-state index in [1.54, 1.807) is 0 Å². The lowest BCUT2D eigenvalue weighted by atomic mass is 10.0. The van der Waals surface area contributed by atoms with Crippen molar-refractivity contribution < 1.29 is 4.74 Å². The monoisotopic (exact) mass is 440 g/mol. The second-order valence-electron chi connectivity index (χ2n) is 9.10. The number of benzene rings is 3. The van der Waals surface area contributed by atoms with E-state index >= 15 is 0 Å². The topological polar surface area (TPSA) is 9.23 Å². The zero-order valence-electron chi connectivity index (χ0n) is 20.7. The second kappa shape index (κ2) is 14.4. The average Bonchev–Trinajstić information content (AvgIpc) is 2.85. The number of aryl methyl sites for hydroxylation is 1. The van der Waals surface area contributed by atoms with Gasteiger partial charge in [-0.2, -0.15) is 0 Å². The molecule has 0 atom stereocenters. The molecule has 0 radical (unpaired) electrons. The summed E-state index contributed by atoms with van der Waals surface area (Å²) in [5, 5.41) is 2.40. The van der Waals surface area contributed by atoms with Crippen molar-refractivity contribution in [3.05, 3.63) is 77.4 Å². The highest BCUT2D eigenvalue weighted by molar-refractivity contribution is 5.85. The van der Waals surface area contributed by atoms with Crippen molar-refractivity contribution in [1.82, 2.24) is 0 Å². The van der Waals surface area contributed by atoms with E-state index < -0.39 is 0 Å². The molecule has 0 spiro atoms. The van der Waals surface area contributed by atoms with Crippen LogP contribution in [-0.2, 0) is 6.42 Å². The predicted octanol–water partition coefficient (Wildman–Crippen LogP) is 9.10. The summed E-state index contributed by atoms with van der Waals surface area (Å²) in [6.07, 6.45) is 14.2. The Morgan fingerprint density at radius 2 is 1.18 bits per heavy atom.